The summed E-state index contributed by atoms with van der Waals surface area (Å²) in [5.74, 6) is 1.22. The summed E-state index contributed by atoms with van der Waals surface area (Å²) in [6.07, 6.45) is 0. The van der Waals surface area contributed by atoms with Crippen LogP contribution in [-0.2, 0) is 6.61 Å². The number of anilines is 1. The maximum absolute atomic E-state index is 12.6. The first kappa shape index (κ1) is 19.0. The number of carbonyl (C=O) groups is 1. The van der Waals surface area contributed by atoms with Gasteiger partial charge in [-0.2, -0.15) is 0 Å². The van der Waals surface area contributed by atoms with Crippen molar-refractivity contribution in [2.75, 3.05) is 19.5 Å². The number of hydrogen-bond acceptors (Lipinski definition) is 6. The van der Waals surface area contributed by atoms with Crippen molar-refractivity contribution in [2.45, 2.75) is 6.61 Å². The Morgan fingerprint density at radius 3 is 2.67 bits per heavy atom. The van der Waals surface area contributed by atoms with Gasteiger partial charge in [0.05, 0.1) is 36.1 Å². The molecule has 0 saturated heterocycles. The zero-order chi connectivity index (χ0) is 19.2. The van der Waals surface area contributed by atoms with E-state index in [1.54, 1.807) is 41.9 Å². The molecule has 3 rings (SSSR count). The van der Waals surface area contributed by atoms with Crippen molar-refractivity contribution >= 4 is 34.5 Å². The highest BCUT2D eigenvalue weighted by atomic mass is 35.5. The second kappa shape index (κ2) is 8.75. The van der Waals surface area contributed by atoms with Crippen LogP contribution in [0.3, 0.4) is 0 Å². The normalized spacial score (nSPS) is 10.3. The summed E-state index contributed by atoms with van der Waals surface area (Å²) in [6, 6.07) is 10.1. The van der Waals surface area contributed by atoms with Crippen molar-refractivity contribution in [1.82, 2.24) is 4.98 Å². The van der Waals surface area contributed by atoms with Gasteiger partial charge in [0.15, 0.2) is 11.5 Å². The third-order valence-corrected chi connectivity index (χ3v) is 4.64. The molecule has 0 fully saturated rings. The van der Waals surface area contributed by atoms with Gasteiger partial charge in [0.25, 0.3) is 5.91 Å². The Balaban J connectivity index is 1.73. The predicted molar refractivity (Wildman–Crippen MR) is 105 cm³/mol. The third kappa shape index (κ3) is 4.69. The van der Waals surface area contributed by atoms with Gasteiger partial charge in [-0.25, -0.2) is 4.98 Å². The second-order valence-electron chi connectivity index (χ2n) is 5.44. The van der Waals surface area contributed by atoms with Crippen LogP contribution in [0.5, 0.6) is 17.2 Å². The molecular formula is C19H17ClN2O4S. The lowest BCUT2D eigenvalue weighted by Crippen LogP contribution is -2.12. The number of halogens is 1. The molecule has 3 aromatic rings. The standard InChI is InChI=1S/C19H17ClN2O4S/c1-24-17-7-15(20)16(8-18(17)25-2)22-19(23)12-4-3-5-14(6-12)26-9-13-10-27-11-21-13/h3-8,10-11H,9H2,1-2H3,(H,22,23). The van der Waals surface area contributed by atoms with Gasteiger partial charge in [0.1, 0.15) is 12.4 Å². The molecule has 0 bridgehead atoms. The number of nitrogens with one attached hydrogen (secondary N) is 1. The van der Waals surface area contributed by atoms with E-state index in [4.69, 9.17) is 25.8 Å². The van der Waals surface area contributed by atoms with E-state index >= 15 is 0 Å². The number of hydrogen-bond donors (Lipinski definition) is 1. The summed E-state index contributed by atoms with van der Waals surface area (Å²) >= 11 is 7.73. The Kier molecular flexibility index (Phi) is 6.16. The molecule has 1 aromatic heterocycles. The Labute approximate surface area is 165 Å². The Morgan fingerprint density at radius 2 is 1.96 bits per heavy atom. The number of rotatable bonds is 7. The lowest BCUT2D eigenvalue weighted by atomic mass is 10.2. The van der Waals surface area contributed by atoms with E-state index < -0.39 is 0 Å². The molecule has 0 radical (unpaired) electrons. The smallest absolute Gasteiger partial charge is 0.255 e. The fourth-order valence-corrected chi connectivity index (χ4v) is 3.08. The molecule has 1 N–H and O–H groups in total. The molecule has 140 valence electrons. The van der Waals surface area contributed by atoms with Gasteiger partial charge in [-0.15, -0.1) is 11.3 Å². The second-order valence-corrected chi connectivity index (χ2v) is 6.56. The van der Waals surface area contributed by atoms with Crippen molar-refractivity contribution in [3.05, 3.63) is 63.6 Å². The zero-order valence-corrected chi connectivity index (χ0v) is 16.3. The summed E-state index contributed by atoms with van der Waals surface area (Å²) in [5, 5.41) is 5.03. The number of aromatic nitrogens is 1. The number of ether oxygens (including phenoxy) is 3. The molecule has 0 aliphatic rings. The molecule has 8 heteroatoms. The molecular weight excluding hydrogens is 388 g/mol. The molecule has 0 unspecified atom stereocenters. The number of amides is 1. The highest BCUT2D eigenvalue weighted by molar-refractivity contribution is 7.07. The largest absolute Gasteiger partial charge is 0.493 e. The number of carbonyl (C=O) groups excluding carboxylic acids is 1. The first-order valence-electron chi connectivity index (χ1n) is 7.93. The van der Waals surface area contributed by atoms with Gasteiger partial charge in [0.2, 0.25) is 0 Å². The molecule has 1 amide bonds. The maximum atomic E-state index is 12.6. The van der Waals surface area contributed by atoms with Gasteiger partial charge in [-0.1, -0.05) is 17.7 Å². The van der Waals surface area contributed by atoms with Gasteiger partial charge in [-0.3, -0.25) is 4.79 Å². The minimum Gasteiger partial charge on any atom is -0.493 e. The molecule has 6 nitrogen and oxygen atoms in total. The van der Waals surface area contributed by atoms with E-state index in [2.05, 4.69) is 10.3 Å². The fourth-order valence-electron chi connectivity index (χ4n) is 2.34. The van der Waals surface area contributed by atoms with E-state index in [0.717, 1.165) is 5.69 Å². The van der Waals surface area contributed by atoms with Gasteiger partial charge < -0.3 is 19.5 Å². The number of nitrogens with zero attached hydrogens (tertiary/aromatic N) is 1. The van der Waals surface area contributed by atoms with E-state index in [1.807, 2.05) is 5.38 Å². The minimum absolute atomic E-state index is 0.316. The SMILES string of the molecule is COc1cc(Cl)c(NC(=O)c2cccc(OCc3cscn3)c2)cc1OC. The molecule has 0 atom stereocenters. The van der Waals surface area contributed by atoms with Crippen molar-refractivity contribution < 1.29 is 19.0 Å². The van der Waals surface area contributed by atoms with Crippen LogP contribution in [0.1, 0.15) is 16.1 Å². The number of benzene rings is 2. The van der Waals surface area contributed by atoms with Crippen LogP contribution in [0.15, 0.2) is 47.3 Å². The topological polar surface area (TPSA) is 69.7 Å². The lowest BCUT2D eigenvalue weighted by Gasteiger charge is -2.13. The molecule has 0 aliphatic carbocycles. The van der Waals surface area contributed by atoms with Crippen molar-refractivity contribution in [1.29, 1.82) is 0 Å². The monoisotopic (exact) mass is 404 g/mol. The van der Waals surface area contributed by atoms with E-state index in [9.17, 15) is 4.79 Å². The summed E-state index contributed by atoms with van der Waals surface area (Å²) in [6.45, 7) is 0.343. The van der Waals surface area contributed by atoms with Crippen molar-refractivity contribution in [3.8, 4) is 17.2 Å². The molecule has 27 heavy (non-hydrogen) atoms. The summed E-state index contributed by atoms with van der Waals surface area (Å²) in [4.78, 5) is 16.8. The predicted octanol–water partition coefficient (Wildman–Crippen LogP) is 4.65. The maximum Gasteiger partial charge on any atom is 0.255 e. The van der Waals surface area contributed by atoms with Crippen LogP contribution in [-0.4, -0.2) is 25.1 Å². The average molecular weight is 405 g/mol. The van der Waals surface area contributed by atoms with E-state index in [0.29, 0.717) is 40.1 Å². The van der Waals surface area contributed by atoms with Crippen LogP contribution in [0.2, 0.25) is 5.02 Å². The minimum atomic E-state index is -0.316. The molecule has 1 heterocycles. The summed E-state index contributed by atoms with van der Waals surface area (Å²) < 4.78 is 16.1. The van der Waals surface area contributed by atoms with E-state index in [1.165, 1.54) is 25.6 Å². The molecule has 0 spiro atoms. The number of methoxy groups -OCH3 is 2. The lowest BCUT2D eigenvalue weighted by molar-refractivity contribution is 0.102. The average Bonchev–Trinajstić information content (AvgIpc) is 3.21. The highest BCUT2D eigenvalue weighted by Gasteiger charge is 2.14. The van der Waals surface area contributed by atoms with Crippen molar-refractivity contribution in [3.63, 3.8) is 0 Å². The summed E-state index contributed by atoms with van der Waals surface area (Å²) in [7, 11) is 3.03. The van der Waals surface area contributed by atoms with E-state index in [-0.39, 0.29) is 5.91 Å². The van der Waals surface area contributed by atoms with Crippen molar-refractivity contribution in [2.24, 2.45) is 0 Å². The van der Waals surface area contributed by atoms with Crippen LogP contribution >= 0.6 is 22.9 Å². The Hall–Kier alpha value is -2.77. The molecule has 0 aliphatic heterocycles. The quantitative estimate of drug-likeness (QED) is 0.621. The van der Waals surface area contributed by atoms with Crippen LogP contribution in [0.4, 0.5) is 5.69 Å². The van der Waals surface area contributed by atoms with Gasteiger partial charge in [0, 0.05) is 23.1 Å². The zero-order valence-electron chi connectivity index (χ0n) is 14.7. The van der Waals surface area contributed by atoms with Crippen LogP contribution in [0, 0.1) is 0 Å². The highest BCUT2D eigenvalue weighted by Crippen LogP contribution is 2.36. The third-order valence-electron chi connectivity index (χ3n) is 3.69. The van der Waals surface area contributed by atoms with Gasteiger partial charge >= 0.3 is 0 Å². The number of thiazole rings is 1. The molecule has 0 saturated carbocycles. The Morgan fingerprint density at radius 1 is 1.19 bits per heavy atom. The fraction of sp³-hybridized carbons (Fsp3) is 0.158. The first-order chi connectivity index (χ1) is 13.1. The van der Waals surface area contributed by atoms with Crippen LogP contribution < -0.4 is 19.5 Å². The molecule has 2 aromatic carbocycles. The summed E-state index contributed by atoms with van der Waals surface area (Å²) in [5.41, 5.74) is 3.45. The van der Waals surface area contributed by atoms with Gasteiger partial charge in [-0.05, 0) is 18.2 Å². The first-order valence-corrected chi connectivity index (χ1v) is 9.25. The van der Waals surface area contributed by atoms with Crippen LogP contribution in [0.25, 0.3) is 0 Å². The Bertz CT molecular complexity index is 931.